The van der Waals surface area contributed by atoms with Gasteiger partial charge in [-0.25, -0.2) is 4.79 Å². The van der Waals surface area contributed by atoms with Gasteiger partial charge in [0, 0.05) is 25.5 Å². The Balaban J connectivity index is 2.38. The van der Waals surface area contributed by atoms with Gasteiger partial charge in [-0.05, 0) is 36.7 Å². The van der Waals surface area contributed by atoms with Crippen LogP contribution in [-0.2, 0) is 13.6 Å². The molecular weight excluding hydrogens is 296 g/mol. The van der Waals surface area contributed by atoms with Gasteiger partial charge in [0.25, 0.3) is 0 Å². The van der Waals surface area contributed by atoms with Gasteiger partial charge < -0.3 is 0 Å². The minimum Gasteiger partial charge on any atom is -0.297 e. The summed E-state index contributed by atoms with van der Waals surface area (Å²) in [7, 11) is 1.89. The zero-order chi connectivity index (χ0) is 13.4. The molecule has 0 N–H and O–H groups in total. The summed E-state index contributed by atoms with van der Waals surface area (Å²) in [4.78, 5) is 12.1. The van der Waals surface area contributed by atoms with Crippen molar-refractivity contribution in [3.8, 4) is 0 Å². The Labute approximate surface area is 114 Å². The molecule has 18 heavy (non-hydrogen) atoms. The van der Waals surface area contributed by atoms with Crippen LogP contribution >= 0.6 is 15.9 Å². The van der Waals surface area contributed by atoms with E-state index < -0.39 is 0 Å². The number of aryl methyl sites for hydroxylation is 2. The summed E-state index contributed by atoms with van der Waals surface area (Å²) in [5.41, 5.74) is 1.94. The average molecular weight is 313 g/mol. The molecular formula is C12H17BrN4O. The maximum Gasteiger partial charge on any atom is 0.328 e. The van der Waals surface area contributed by atoms with Crippen molar-refractivity contribution in [2.45, 2.75) is 33.4 Å². The number of imidazole rings is 1. The smallest absolute Gasteiger partial charge is 0.297 e. The lowest BCUT2D eigenvalue weighted by molar-refractivity contribution is 0.555. The molecule has 2 aromatic rings. The topological polar surface area (TPSA) is 44.8 Å². The number of hydrogen-bond donors (Lipinski definition) is 0. The standard InChI is InChI=1S/C12H17BrN4O/c1-8(2)17-6-5-16(12(17)18)7-10-11(13)9(3)14-15(10)4/h5-6,8H,7H2,1-4H3. The zero-order valence-corrected chi connectivity index (χ0v) is 12.6. The second-order valence-corrected chi connectivity index (χ2v) is 5.47. The van der Waals surface area contributed by atoms with E-state index in [0.29, 0.717) is 6.54 Å². The molecule has 0 aliphatic heterocycles. The van der Waals surface area contributed by atoms with Crippen LogP contribution in [0, 0.1) is 6.92 Å². The van der Waals surface area contributed by atoms with Gasteiger partial charge in [0.05, 0.1) is 22.4 Å². The van der Waals surface area contributed by atoms with Crippen LogP contribution in [0.15, 0.2) is 21.7 Å². The molecule has 0 saturated carbocycles. The summed E-state index contributed by atoms with van der Waals surface area (Å²) in [5, 5.41) is 4.33. The Kier molecular flexibility index (Phi) is 3.47. The number of rotatable bonds is 3. The maximum absolute atomic E-state index is 12.1. The molecule has 0 atom stereocenters. The Morgan fingerprint density at radius 2 is 2.06 bits per heavy atom. The van der Waals surface area contributed by atoms with Crippen molar-refractivity contribution < 1.29 is 0 Å². The first-order valence-electron chi connectivity index (χ1n) is 5.87. The van der Waals surface area contributed by atoms with Crippen molar-refractivity contribution in [2.75, 3.05) is 0 Å². The molecule has 98 valence electrons. The fourth-order valence-electron chi connectivity index (χ4n) is 1.95. The lowest BCUT2D eigenvalue weighted by Crippen LogP contribution is -2.26. The van der Waals surface area contributed by atoms with Gasteiger partial charge in [-0.2, -0.15) is 5.10 Å². The van der Waals surface area contributed by atoms with Crippen molar-refractivity contribution in [1.29, 1.82) is 0 Å². The lowest BCUT2D eigenvalue weighted by atomic mass is 10.3. The Bertz CT molecular complexity index is 621. The molecule has 0 aromatic carbocycles. The lowest BCUT2D eigenvalue weighted by Gasteiger charge is -2.06. The summed E-state index contributed by atoms with van der Waals surface area (Å²) >= 11 is 3.51. The Morgan fingerprint density at radius 3 is 2.50 bits per heavy atom. The van der Waals surface area contributed by atoms with Crippen LogP contribution in [0.2, 0.25) is 0 Å². The summed E-state index contributed by atoms with van der Waals surface area (Å²) in [5.74, 6) is 0. The van der Waals surface area contributed by atoms with Gasteiger partial charge in [0.1, 0.15) is 0 Å². The van der Waals surface area contributed by atoms with Crippen LogP contribution in [0.5, 0.6) is 0 Å². The summed E-state index contributed by atoms with van der Waals surface area (Å²) in [6.07, 6.45) is 3.64. The molecule has 0 spiro atoms. The van der Waals surface area contributed by atoms with Gasteiger partial charge in [-0.1, -0.05) is 0 Å². The Hall–Kier alpha value is -1.30. The number of halogens is 1. The Morgan fingerprint density at radius 1 is 1.39 bits per heavy atom. The summed E-state index contributed by atoms with van der Waals surface area (Å²) in [6, 6.07) is 0.176. The second-order valence-electron chi connectivity index (χ2n) is 4.68. The molecule has 2 aromatic heterocycles. The van der Waals surface area contributed by atoms with E-state index in [9.17, 15) is 4.79 Å². The summed E-state index contributed by atoms with van der Waals surface area (Å²) < 4.78 is 6.19. The minimum absolute atomic E-state index is 0.00996. The molecule has 0 amide bonds. The molecule has 0 fully saturated rings. The van der Waals surface area contributed by atoms with E-state index in [-0.39, 0.29) is 11.7 Å². The van der Waals surface area contributed by atoms with Crippen molar-refractivity contribution in [1.82, 2.24) is 18.9 Å². The first-order valence-corrected chi connectivity index (χ1v) is 6.66. The number of hydrogen-bond acceptors (Lipinski definition) is 2. The van der Waals surface area contributed by atoms with Gasteiger partial charge in [-0.3, -0.25) is 13.8 Å². The molecule has 0 bridgehead atoms. The van der Waals surface area contributed by atoms with Crippen LogP contribution in [0.1, 0.15) is 31.3 Å². The molecule has 0 unspecified atom stereocenters. The van der Waals surface area contributed by atoms with E-state index in [1.54, 1.807) is 13.8 Å². The number of aromatic nitrogens is 4. The molecule has 0 aliphatic rings. The first-order chi connectivity index (χ1) is 8.41. The zero-order valence-electron chi connectivity index (χ0n) is 11.0. The van der Waals surface area contributed by atoms with Crippen molar-refractivity contribution in [3.05, 3.63) is 38.7 Å². The van der Waals surface area contributed by atoms with E-state index >= 15 is 0 Å². The number of nitrogens with zero attached hydrogens (tertiary/aromatic N) is 4. The van der Waals surface area contributed by atoms with E-state index in [2.05, 4.69) is 21.0 Å². The highest BCUT2D eigenvalue weighted by atomic mass is 79.9. The summed E-state index contributed by atoms with van der Waals surface area (Å²) in [6.45, 7) is 6.46. The van der Waals surface area contributed by atoms with Crippen LogP contribution in [0.3, 0.4) is 0 Å². The van der Waals surface area contributed by atoms with Gasteiger partial charge in [0.2, 0.25) is 0 Å². The third kappa shape index (κ3) is 2.16. The predicted molar refractivity (Wildman–Crippen MR) is 73.8 cm³/mol. The molecule has 0 saturated heterocycles. The molecule has 2 heterocycles. The van der Waals surface area contributed by atoms with Crippen LogP contribution in [-0.4, -0.2) is 18.9 Å². The van der Waals surface area contributed by atoms with Gasteiger partial charge in [-0.15, -0.1) is 0 Å². The highest BCUT2D eigenvalue weighted by Gasteiger charge is 2.13. The van der Waals surface area contributed by atoms with Crippen molar-refractivity contribution in [2.24, 2.45) is 7.05 Å². The average Bonchev–Trinajstić information content (AvgIpc) is 2.76. The fourth-order valence-corrected chi connectivity index (χ4v) is 2.42. The quantitative estimate of drug-likeness (QED) is 0.871. The minimum atomic E-state index is 0.00996. The largest absolute Gasteiger partial charge is 0.328 e. The van der Waals surface area contributed by atoms with E-state index in [1.807, 2.05) is 40.2 Å². The second kappa shape index (κ2) is 4.76. The fraction of sp³-hybridized carbons (Fsp3) is 0.500. The van der Waals surface area contributed by atoms with Crippen molar-refractivity contribution >= 4 is 15.9 Å². The molecule has 0 radical (unpaired) electrons. The van der Waals surface area contributed by atoms with Crippen LogP contribution in [0.4, 0.5) is 0 Å². The van der Waals surface area contributed by atoms with E-state index in [1.165, 1.54) is 0 Å². The first kappa shape index (κ1) is 13.1. The molecule has 6 heteroatoms. The normalized spacial score (nSPS) is 11.4. The highest BCUT2D eigenvalue weighted by molar-refractivity contribution is 9.10. The molecule has 2 rings (SSSR count). The van der Waals surface area contributed by atoms with Crippen LogP contribution in [0.25, 0.3) is 0 Å². The predicted octanol–water partition coefficient (Wildman–Crippen LogP) is 2.08. The monoisotopic (exact) mass is 312 g/mol. The third-order valence-electron chi connectivity index (χ3n) is 3.01. The van der Waals surface area contributed by atoms with Gasteiger partial charge >= 0.3 is 5.69 Å². The maximum atomic E-state index is 12.1. The third-order valence-corrected chi connectivity index (χ3v) is 4.04. The van der Waals surface area contributed by atoms with Crippen molar-refractivity contribution in [3.63, 3.8) is 0 Å². The van der Waals surface area contributed by atoms with E-state index in [0.717, 1.165) is 15.9 Å². The van der Waals surface area contributed by atoms with E-state index in [4.69, 9.17) is 0 Å². The van der Waals surface area contributed by atoms with Gasteiger partial charge in [0.15, 0.2) is 0 Å². The van der Waals surface area contributed by atoms with Crippen LogP contribution < -0.4 is 5.69 Å². The SMILES string of the molecule is Cc1nn(C)c(Cn2ccn(C(C)C)c2=O)c1Br. The molecule has 0 aliphatic carbocycles. The molecule has 5 nitrogen and oxygen atoms in total. The highest BCUT2D eigenvalue weighted by Crippen LogP contribution is 2.20.